The second kappa shape index (κ2) is 4.36. The van der Waals surface area contributed by atoms with Gasteiger partial charge < -0.3 is 9.30 Å². The van der Waals surface area contributed by atoms with Crippen LogP contribution in [0.1, 0.15) is 16.3 Å². The van der Waals surface area contributed by atoms with Gasteiger partial charge in [-0.1, -0.05) is 0 Å². The maximum absolute atomic E-state index is 11.1. The van der Waals surface area contributed by atoms with Gasteiger partial charge in [-0.15, -0.1) is 0 Å². The first-order chi connectivity index (χ1) is 6.69. The third-order valence-corrected chi connectivity index (χ3v) is 1.61. The number of rotatable bonds is 3. The van der Waals surface area contributed by atoms with E-state index in [-0.39, 0.29) is 5.82 Å². The van der Waals surface area contributed by atoms with E-state index in [1.54, 1.807) is 13.2 Å². The Morgan fingerprint density at radius 2 is 2.36 bits per heavy atom. The zero-order valence-corrected chi connectivity index (χ0v) is 7.93. The van der Waals surface area contributed by atoms with Gasteiger partial charge in [-0.3, -0.25) is 4.79 Å². The van der Waals surface area contributed by atoms with Crippen molar-refractivity contribution >= 4 is 18.3 Å². The molecule has 0 aliphatic rings. The lowest BCUT2D eigenvalue weighted by atomic mass is 10.4. The number of allylic oxidation sites excluding steroid dienone is 1. The standard InChI is InChI=1S/C9H10N2O3/c1-11-6-7(4-3-5-12)10-8(11)9(13)14-2/h3-6H,1-2H3. The third kappa shape index (κ3) is 2.07. The highest BCUT2D eigenvalue weighted by Crippen LogP contribution is 2.04. The minimum absolute atomic E-state index is 0.207. The van der Waals surface area contributed by atoms with E-state index in [2.05, 4.69) is 9.72 Å². The van der Waals surface area contributed by atoms with Crippen LogP contribution >= 0.6 is 0 Å². The Bertz CT molecular complexity index is 379. The van der Waals surface area contributed by atoms with Crippen LogP contribution in [-0.4, -0.2) is 28.9 Å². The van der Waals surface area contributed by atoms with E-state index in [0.717, 1.165) is 0 Å². The molecule has 14 heavy (non-hydrogen) atoms. The summed E-state index contributed by atoms with van der Waals surface area (Å²) in [5, 5.41) is 0. The second-order valence-corrected chi connectivity index (χ2v) is 2.59. The van der Waals surface area contributed by atoms with Gasteiger partial charge in [0.05, 0.1) is 12.8 Å². The van der Waals surface area contributed by atoms with Crippen LogP contribution in [0.3, 0.4) is 0 Å². The molecular formula is C9H10N2O3. The molecule has 1 heterocycles. The molecule has 0 saturated heterocycles. The summed E-state index contributed by atoms with van der Waals surface area (Å²) in [6.07, 6.45) is 5.10. The smallest absolute Gasteiger partial charge is 0.374 e. The predicted molar refractivity (Wildman–Crippen MR) is 49.6 cm³/mol. The number of carbonyl (C=O) groups excluding carboxylic acids is 2. The highest BCUT2D eigenvalue weighted by molar-refractivity contribution is 5.86. The van der Waals surface area contributed by atoms with Crippen molar-refractivity contribution in [3.05, 3.63) is 23.8 Å². The van der Waals surface area contributed by atoms with E-state index in [0.29, 0.717) is 12.0 Å². The number of ether oxygens (including phenoxy) is 1. The molecule has 0 N–H and O–H groups in total. The van der Waals surface area contributed by atoms with Gasteiger partial charge in [0, 0.05) is 13.2 Å². The highest BCUT2D eigenvalue weighted by atomic mass is 16.5. The predicted octanol–water partition coefficient (Wildman–Crippen LogP) is 0.419. The van der Waals surface area contributed by atoms with Gasteiger partial charge in [-0.2, -0.15) is 0 Å². The maximum Gasteiger partial charge on any atom is 0.374 e. The second-order valence-electron chi connectivity index (χ2n) is 2.59. The molecule has 0 amide bonds. The number of carbonyl (C=O) groups is 2. The van der Waals surface area contributed by atoms with Crippen LogP contribution < -0.4 is 0 Å². The molecule has 0 aliphatic carbocycles. The number of hydrogen-bond donors (Lipinski definition) is 0. The van der Waals surface area contributed by atoms with E-state index in [1.165, 1.54) is 23.8 Å². The number of imidazole rings is 1. The van der Waals surface area contributed by atoms with Crippen molar-refractivity contribution in [3.8, 4) is 0 Å². The van der Waals surface area contributed by atoms with Gasteiger partial charge in [0.25, 0.3) is 0 Å². The van der Waals surface area contributed by atoms with Crippen LogP contribution in [0.5, 0.6) is 0 Å². The largest absolute Gasteiger partial charge is 0.463 e. The van der Waals surface area contributed by atoms with E-state index in [9.17, 15) is 9.59 Å². The Hall–Kier alpha value is -1.91. The lowest BCUT2D eigenvalue weighted by molar-refractivity contribution is -0.104. The lowest BCUT2D eigenvalue weighted by Crippen LogP contribution is -2.08. The summed E-state index contributed by atoms with van der Waals surface area (Å²) in [5.74, 6) is -0.295. The molecule has 0 bridgehead atoms. The third-order valence-electron chi connectivity index (χ3n) is 1.61. The Morgan fingerprint density at radius 1 is 1.64 bits per heavy atom. The molecule has 0 radical (unpaired) electrons. The van der Waals surface area contributed by atoms with E-state index in [1.807, 2.05) is 0 Å². The molecule has 1 aromatic heterocycles. The van der Waals surface area contributed by atoms with E-state index < -0.39 is 5.97 Å². The SMILES string of the molecule is COC(=O)c1nc(C=CC=O)cn1C. The van der Waals surface area contributed by atoms with E-state index >= 15 is 0 Å². The molecule has 0 saturated carbocycles. The first-order valence-corrected chi connectivity index (χ1v) is 3.92. The summed E-state index contributed by atoms with van der Waals surface area (Å²) in [6.45, 7) is 0. The minimum atomic E-state index is -0.502. The molecule has 0 unspecified atom stereocenters. The fraction of sp³-hybridized carbons (Fsp3) is 0.222. The summed E-state index contributed by atoms with van der Waals surface area (Å²) in [7, 11) is 2.97. The molecule has 0 spiro atoms. The summed E-state index contributed by atoms with van der Waals surface area (Å²) < 4.78 is 6.06. The van der Waals surface area contributed by atoms with Crippen LogP contribution in [0.2, 0.25) is 0 Å². The fourth-order valence-electron chi connectivity index (χ4n) is 0.989. The molecule has 0 fully saturated rings. The van der Waals surface area contributed by atoms with Gasteiger partial charge in [-0.05, 0) is 12.2 Å². The van der Waals surface area contributed by atoms with Crippen molar-refractivity contribution in [1.29, 1.82) is 0 Å². The minimum Gasteiger partial charge on any atom is -0.463 e. The molecule has 5 nitrogen and oxygen atoms in total. The molecule has 0 aromatic carbocycles. The average Bonchev–Trinajstić information content (AvgIpc) is 2.55. The number of esters is 1. The maximum atomic E-state index is 11.1. The van der Waals surface area contributed by atoms with Crippen molar-refractivity contribution in [3.63, 3.8) is 0 Å². The normalized spacial score (nSPS) is 10.4. The van der Waals surface area contributed by atoms with Crippen LogP contribution in [0, 0.1) is 0 Å². The average molecular weight is 194 g/mol. The number of nitrogens with zero attached hydrogens (tertiary/aromatic N) is 2. The van der Waals surface area contributed by atoms with Gasteiger partial charge in [0.1, 0.15) is 6.29 Å². The van der Waals surface area contributed by atoms with Gasteiger partial charge in [0.2, 0.25) is 5.82 Å². The van der Waals surface area contributed by atoms with Crippen molar-refractivity contribution in [1.82, 2.24) is 9.55 Å². The van der Waals surface area contributed by atoms with Crippen molar-refractivity contribution in [2.24, 2.45) is 7.05 Å². The number of hydrogen-bond acceptors (Lipinski definition) is 4. The van der Waals surface area contributed by atoms with Crippen molar-refractivity contribution in [2.45, 2.75) is 0 Å². The number of aldehydes is 1. The van der Waals surface area contributed by atoms with Gasteiger partial charge in [0.15, 0.2) is 0 Å². The first kappa shape index (κ1) is 10.2. The Kier molecular flexibility index (Phi) is 3.17. The zero-order valence-electron chi connectivity index (χ0n) is 7.93. The van der Waals surface area contributed by atoms with Crippen LogP contribution in [0.25, 0.3) is 6.08 Å². The van der Waals surface area contributed by atoms with Crippen LogP contribution in [-0.2, 0) is 16.6 Å². The number of aryl methyl sites for hydroxylation is 1. The molecule has 74 valence electrons. The lowest BCUT2D eigenvalue weighted by Gasteiger charge is -1.96. The first-order valence-electron chi connectivity index (χ1n) is 3.92. The quantitative estimate of drug-likeness (QED) is 0.397. The molecule has 5 heteroatoms. The summed E-state index contributed by atoms with van der Waals surface area (Å²) in [5.41, 5.74) is 0.542. The van der Waals surface area contributed by atoms with E-state index in [4.69, 9.17) is 0 Å². The topological polar surface area (TPSA) is 61.2 Å². The van der Waals surface area contributed by atoms with Crippen LogP contribution in [0.15, 0.2) is 12.3 Å². The van der Waals surface area contributed by atoms with Crippen LogP contribution in [0.4, 0.5) is 0 Å². The molecular weight excluding hydrogens is 184 g/mol. The van der Waals surface area contributed by atoms with Crippen molar-refractivity contribution in [2.75, 3.05) is 7.11 Å². The summed E-state index contributed by atoms with van der Waals surface area (Å²) in [6, 6.07) is 0. The number of aromatic nitrogens is 2. The van der Waals surface area contributed by atoms with Gasteiger partial charge >= 0.3 is 5.97 Å². The molecule has 1 rings (SSSR count). The van der Waals surface area contributed by atoms with Crippen molar-refractivity contribution < 1.29 is 14.3 Å². The van der Waals surface area contributed by atoms with Gasteiger partial charge in [-0.25, -0.2) is 9.78 Å². The monoisotopic (exact) mass is 194 g/mol. The Balaban J connectivity index is 2.98. The summed E-state index contributed by atoms with van der Waals surface area (Å²) in [4.78, 5) is 25.1. The zero-order chi connectivity index (χ0) is 10.6. The Morgan fingerprint density at radius 3 is 2.93 bits per heavy atom. The molecule has 0 atom stereocenters. The highest BCUT2D eigenvalue weighted by Gasteiger charge is 2.12. The Labute approximate surface area is 81.0 Å². The molecule has 0 aliphatic heterocycles. The fourth-order valence-corrected chi connectivity index (χ4v) is 0.989. The summed E-state index contributed by atoms with van der Waals surface area (Å²) >= 11 is 0. The molecule has 1 aromatic rings. The number of methoxy groups -OCH3 is 1.